The maximum Gasteiger partial charge on any atom is 0.258 e. The Morgan fingerprint density at radius 1 is 1.15 bits per heavy atom. The first kappa shape index (κ1) is 30.5. The summed E-state index contributed by atoms with van der Waals surface area (Å²) in [4.78, 5) is 28.0. The highest BCUT2D eigenvalue weighted by Gasteiger charge is 2.35. The standard InChI is InChI=1S/C30H34ClN3O6S/c1-20-17-34(21(2)19-35)30(37)26-16-24(32-29(36)15-22-7-5-4-6-8-22)11-14-27(26)40-28(20)18-33(3)41(38,39)25-12-9-23(31)10-13-25/h4-14,16,20-21,28,35H,15,17-19H2,1-3H3,(H,32,36)/t20-,21-,28+/m1/s1. The number of ether oxygens (including phenoxy) is 1. The molecular formula is C30H34ClN3O6S. The normalized spacial score (nSPS) is 18.2. The number of fused-ring (bicyclic) bond motifs is 1. The van der Waals surface area contributed by atoms with Crippen molar-refractivity contribution in [2.75, 3.05) is 32.1 Å². The van der Waals surface area contributed by atoms with Gasteiger partial charge >= 0.3 is 0 Å². The molecule has 4 rings (SSSR count). The molecule has 3 aromatic rings. The number of halogens is 1. The van der Waals surface area contributed by atoms with Gasteiger partial charge in [0.05, 0.1) is 36.1 Å². The number of carbonyl (C=O) groups is 2. The molecule has 3 aromatic carbocycles. The van der Waals surface area contributed by atoms with Crippen LogP contribution in [0.15, 0.2) is 77.7 Å². The summed E-state index contributed by atoms with van der Waals surface area (Å²) < 4.78 is 34.1. The number of nitrogens with zero attached hydrogens (tertiary/aromatic N) is 2. The molecule has 0 fully saturated rings. The van der Waals surface area contributed by atoms with Crippen LogP contribution in [0.1, 0.15) is 29.8 Å². The zero-order valence-electron chi connectivity index (χ0n) is 23.2. The highest BCUT2D eigenvalue weighted by molar-refractivity contribution is 7.89. The Morgan fingerprint density at radius 2 is 1.83 bits per heavy atom. The van der Waals surface area contributed by atoms with Crippen molar-refractivity contribution in [3.8, 4) is 5.75 Å². The smallest absolute Gasteiger partial charge is 0.258 e. The largest absolute Gasteiger partial charge is 0.488 e. The van der Waals surface area contributed by atoms with Crippen LogP contribution in [0, 0.1) is 5.92 Å². The van der Waals surface area contributed by atoms with Gasteiger partial charge in [0.1, 0.15) is 11.9 Å². The van der Waals surface area contributed by atoms with E-state index in [1.807, 2.05) is 37.3 Å². The third-order valence-corrected chi connectivity index (χ3v) is 9.20. The molecule has 2 N–H and O–H groups in total. The van der Waals surface area contributed by atoms with E-state index >= 15 is 0 Å². The highest BCUT2D eigenvalue weighted by Crippen LogP contribution is 2.31. The Balaban J connectivity index is 1.61. The van der Waals surface area contributed by atoms with E-state index in [1.165, 1.54) is 35.6 Å². The second-order valence-electron chi connectivity index (χ2n) is 10.3. The Morgan fingerprint density at radius 3 is 2.49 bits per heavy atom. The van der Waals surface area contributed by atoms with Gasteiger partial charge in [-0.25, -0.2) is 8.42 Å². The van der Waals surface area contributed by atoms with E-state index in [0.717, 1.165) is 5.56 Å². The lowest BCUT2D eigenvalue weighted by atomic mass is 9.99. The lowest BCUT2D eigenvalue weighted by molar-refractivity contribution is -0.115. The molecule has 41 heavy (non-hydrogen) atoms. The summed E-state index contributed by atoms with van der Waals surface area (Å²) in [5.41, 5.74) is 1.49. The zero-order valence-corrected chi connectivity index (χ0v) is 24.7. The summed E-state index contributed by atoms with van der Waals surface area (Å²) in [5.74, 6) is -0.612. The van der Waals surface area contributed by atoms with E-state index in [2.05, 4.69) is 5.32 Å². The molecule has 1 aliphatic heterocycles. The van der Waals surface area contributed by atoms with Crippen LogP contribution in [0.2, 0.25) is 5.02 Å². The molecule has 0 saturated heterocycles. The molecule has 0 bridgehead atoms. The van der Waals surface area contributed by atoms with Gasteiger partial charge in [0.2, 0.25) is 15.9 Å². The van der Waals surface area contributed by atoms with Crippen LogP contribution >= 0.6 is 11.6 Å². The minimum atomic E-state index is -3.84. The van der Waals surface area contributed by atoms with Crippen molar-refractivity contribution >= 4 is 39.1 Å². The Labute approximate surface area is 245 Å². The topological polar surface area (TPSA) is 116 Å². The predicted molar refractivity (Wildman–Crippen MR) is 158 cm³/mol. The molecule has 2 amide bonds. The molecule has 218 valence electrons. The van der Waals surface area contributed by atoms with Crippen molar-refractivity contribution in [2.24, 2.45) is 5.92 Å². The number of amides is 2. The second-order valence-corrected chi connectivity index (χ2v) is 12.8. The van der Waals surface area contributed by atoms with Crippen LogP contribution in [-0.2, 0) is 21.2 Å². The maximum atomic E-state index is 13.7. The Hall–Kier alpha value is -3.44. The average Bonchev–Trinajstić information content (AvgIpc) is 2.95. The molecule has 1 aliphatic rings. The fraction of sp³-hybridized carbons (Fsp3) is 0.333. The van der Waals surface area contributed by atoms with Crippen molar-refractivity contribution in [1.82, 2.24) is 9.21 Å². The van der Waals surface area contributed by atoms with Gasteiger partial charge in [0.15, 0.2) is 0 Å². The van der Waals surface area contributed by atoms with Gasteiger partial charge in [0, 0.05) is 30.2 Å². The quantitative estimate of drug-likeness (QED) is 0.383. The van der Waals surface area contributed by atoms with E-state index in [1.54, 1.807) is 30.0 Å². The monoisotopic (exact) mass is 599 g/mol. The van der Waals surface area contributed by atoms with Crippen molar-refractivity contribution < 1.29 is 27.9 Å². The van der Waals surface area contributed by atoms with Gasteiger partial charge in [-0.05, 0) is 55.0 Å². The summed E-state index contributed by atoms with van der Waals surface area (Å²) in [6.07, 6.45) is -0.454. The van der Waals surface area contributed by atoms with Crippen LogP contribution < -0.4 is 10.1 Å². The van der Waals surface area contributed by atoms with Gasteiger partial charge in [-0.3, -0.25) is 9.59 Å². The predicted octanol–water partition coefficient (Wildman–Crippen LogP) is 4.06. The van der Waals surface area contributed by atoms with Crippen molar-refractivity contribution in [2.45, 2.75) is 37.3 Å². The summed E-state index contributed by atoms with van der Waals surface area (Å²) in [7, 11) is -2.37. The van der Waals surface area contributed by atoms with E-state index < -0.39 is 22.2 Å². The van der Waals surface area contributed by atoms with Gasteiger partial charge in [-0.15, -0.1) is 0 Å². The fourth-order valence-electron chi connectivity index (χ4n) is 4.64. The van der Waals surface area contributed by atoms with E-state index in [0.29, 0.717) is 10.7 Å². The third-order valence-electron chi connectivity index (χ3n) is 7.11. The number of hydrogen-bond acceptors (Lipinski definition) is 6. The number of aliphatic hydroxyl groups excluding tert-OH is 1. The van der Waals surface area contributed by atoms with Gasteiger partial charge in [-0.2, -0.15) is 4.31 Å². The minimum Gasteiger partial charge on any atom is -0.488 e. The SMILES string of the molecule is C[C@@H]1CN([C@H](C)CO)C(=O)c2cc(NC(=O)Cc3ccccc3)ccc2O[C@H]1CN(C)S(=O)(=O)c1ccc(Cl)cc1. The molecule has 9 nitrogen and oxygen atoms in total. The molecular weight excluding hydrogens is 566 g/mol. The summed E-state index contributed by atoms with van der Waals surface area (Å²) in [6.45, 7) is 3.60. The van der Waals surface area contributed by atoms with Crippen molar-refractivity contribution in [3.05, 3.63) is 88.9 Å². The number of hydrogen-bond donors (Lipinski definition) is 2. The van der Waals surface area contributed by atoms with Gasteiger partial charge < -0.3 is 20.1 Å². The van der Waals surface area contributed by atoms with E-state index in [4.69, 9.17) is 16.3 Å². The van der Waals surface area contributed by atoms with E-state index in [-0.39, 0.29) is 60.1 Å². The number of nitrogens with one attached hydrogen (secondary N) is 1. The van der Waals surface area contributed by atoms with E-state index in [9.17, 15) is 23.1 Å². The van der Waals surface area contributed by atoms with Gasteiger partial charge in [-0.1, -0.05) is 48.9 Å². The van der Waals surface area contributed by atoms with Crippen LogP contribution in [0.3, 0.4) is 0 Å². The summed E-state index contributed by atoms with van der Waals surface area (Å²) in [5, 5.41) is 13.2. The van der Waals surface area contributed by atoms with Gasteiger partial charge in [0.25, 0.3) is 5.91 Å². The van der Waals surface area contributed by atoms with Crippen LogP contribution in [0.25, 0.3) is 0 Å². The molecule has 0 spiro atoms. The highest BCUT2D eigenvalue weighted by atomic mass is 35.5. The summed E-state index contributed by atoms with van der Waals surface area (Å²) in [6, 6.07) is 19.5. The Kier molecular flexibility index (Phi) is 9.70. The number of anilines is 1. The minimum absolute atomic E-state index is 0.0106. The lowest BCUT2D eigenvalue weighted by Gasteiger charge is -2.38. The number of sulfonamides is 1. The molecule has 0 aliphatic carbocycles. The van der Waals surface area contributed by atoms with Crippen molar-refractivity contribution in [3.63, 3.8) is 0 Å². The molecule has 11 heteroatoms. The van der Waals surface area contributed by atoms with Crippen LogP contribution in [0.4, 0.5) is 5.69 Å². The maximum absolute atomic E-state index is 13.7. The first-order valence-corrected chi connectivity index (χ1v) is 15.1. The zero-order chi connectivity index (χ0) is 29.7. The first-order chi connectivity index (χ1) is 19.5. The average molecular weight is 600 g/mol. The molecule has 0 unspecified atom stereocenters. The first-order valence-electron chi connectivity index (χ1n) is 13.3. The molecule has 3 atom stereocenters. The number of aliphatic hydroxyl groups is 1. The molecule has 0 radical (unpaired) electrons. The number of likely N-dealkylation sites (N-methyl/N-ethyl adjacent to an activating group) is 1. The Bertz CT molecular complexity index is 1480. The number of benzene rings is 3. The fourth-order valence-corrected chi connectivity index (χ4v) is 5.95. The second kappa shape index (κ2) is 13.0. The number of rotatable bonds is 9. The van der Waals surface area contributed by atoms with Crippen LogP contribution in [0.5, 0.6) is 5.75 Å². The lowest BCUT2D eigenvalue weighted by Crippen LogP contribution is -2.50. The summed E-state index contributed by atoms with van der Waals surface area (Å²) >= 11 is 5.93. The van der Waals surface area contributed by atoms with Crippen molar-refractivity contribution in [1.29, 1.82) is 0 Å². The molecule has 0 aromatic heterocycles. The van der Waals surface area contributed by atoms with Crippen LogP contribution in [-0.4, -0.2) is 73.4 Å². The third kappa shape index (κ3) is 7.26. The number of carbonyl (C=O) groups excluding carboxylic acids is 2. The molecule has 1 heterocycles. The molecule has 0 saturated carbocycles.